The second kappa shape index (κ2) is 6.95. The van der Waals surface area contributed by atoms with Gasteiger partial charge in [0.2, 0.25) is 0 Å². The third-order valence-corrected chi connectivity index (χ3v) is 3.83. The Labute approximate surface area is 127 Å². The molecule has 0 unspecified atom stereocenters. The van der Waals surface area contributed by atoms with Crippen LogP contribution in [0.4, 0.5) is 5.82 Å². The average molecular weight is 300 g/mol. The maximum absolute atomic E-state index is 12.3. The van der Waals surface area contributed by atoms with E-state index in [4.69, 9.17) is 5.26 Å². The Bertz CT molecular complexity index is 672. The van der Waals surface area contributed by atoms with Crippen molar-refractivity contribution in [2.45, 2.75) is 24.7 Å². The predicted molar refractivity (Wildman–Crippen MR) is 83.4 cm³/mol. The number of carbonyl (C=O) groups is 1. The summed E-state index contributed by atoms with van der Waals surface area (Å²) in [6, 6.07) is 11.1. The molecule has 1 amide bonds. The first kappa shape index (κ1) is 15.1. The maximum atomic E-state index is 12.3. The van der Waals surface area contributed by atoms with Crippen molar-refractivity contribution in [1.29, 1.82) is 5.26 Å². The Morgan fingerprint density at radius 2 is 2.24 bits per heavy atom. The summed E-state index contributed by atoms with van der Waals surface area (Å²) in [6.07, 6.45) is 0. The molecule has 0 spiro atoms. The van der Waals surface area contributed by atoms with E-state index in [0.29, 0.717) is 23.1 Å². The van der Waals surface area contributed by atoms with Gasteiger partial charge in [-0.2, -0.15) is 10.4 Å². The first-order valence-electron chi connectivity index (χ1n) is 6.57. The summed E-state index contributed by atoms with van der Waals surface area (Å²) in [7, 11) is 0. The second-order valence-corrected chi connectivity index (χ2v) is 5.78. The van der Waals surface area contributed by atoms with Crippen LogP contribution in [0.5, 0.6) is 0 Å². The van der Waals surface area contributed by atoms with Crippen LogP contribution < -0.4 is 5.32 Å². The Morgan fingerprint density at radius 1 is 1.48 bits per heavy atom. The van der Waals surface area contributed by atoms with Gasteiger partial charge in [0, 0.05) is 16.7 Å². The quantitative estimate of drug-likeness (QED) is 0.829. The van der Waals surface area contributed by atoms with Gasteiger partial charge in [-0.3, -0.25) is 9.89 Å². The molecule has 1 aromatic carbocycles. The third kappa shape index (κ3) is 3.86. The first-order valence-corrected chi connectivity index (χ1v) is 7.55. The average Bonchev–Trinajstić information content (AvgIpc) is 2.94. The summed E-state index contributed by atoms with van der Waals surface area (Å²) < 4.78 is 0. The van der Waals surface area contributed by atoms with Crippen molar-refractivity contribution in [3.63, 3.8) is 0 Å². The van der Waals surface area contributed by atoms with Crippen molar-refractivity contribution >= 4 is 23.5 Å². The highest BCUT2D eigenvalue weighted by Gasteiger charge is 2.13. The number of thioether (sulfide) groups is 1. The Kier molecular flexibility index (Phi) is 5.01. The fraction of sp³-hybridized carbons (Fsp3) is 0.267. The van der Waals surface area contributed by atoms with Crippen LogP contribution in [0, 0.1) is 11.3 Å². The monoisotopic (exact) mass is 300 g/mol. The summed E-state index contributed by atoms with van der Waals surface area (Å²) in [6.45, 7) is 4.10. The van der Waals surface area contributed by atoms with Crippen LogP contribution >= 0.6 is 11.8 Å². The minimum absolute atomic E-state index is 0.224. The lowest BCUT2D eigenvalue weighted by Gasteiger charge is -2.06. The van der Waals surface area contributed by atoms with Gasteiger partial charge in [-0.25, -0.2) is 0 Å². The highest BCUT2D eigenvalue weighted by molar-refractivity contribution is 7.99. The van der Waals surface area contributed by atoms with Gasteiger partial charge in [-0.15, -0.1) is 11.8 Å². The molecule has 21 heavy (non-hydrogen) atoms. The molecule has 108 valence electrons. The smallest absolute Gasteiger partial charge is 0.258 e. The van der Waals surface area contributed by atoms with E-state index in [2.05, 4.69) is 21.6 Å². The highest BCUT2D eigenvalue weighted by atomic mass is 32.2. The zero-order chi connectivity index (χ0) is 15.2. The van der Waals surface area contributed by atoms with Crippen molar-refractivity contribution in [3.8, 4) is 6.07 Å². The number of H-pyrrole nitrogens is 1. The summed E-state index contributed by atoms with van der Waals surface area (Å²) in [5.41, 5.74) is 1.52. The molecule has 2 rings (SSSR count). The molecule has 2 aromatic rings. The number of nitrogens with one attached hydrogen (secondary N) is 2. The van der Waals surface area contributed by atoms with Gasteiger partial charge < -0.3 is 5.32 Å². The van der Waals surface area contributed by atoms with Gasteiger partial charge in [-0.05, 0) is 18.1 Å². The molecule has 0 atom stereocenters. The van der Waals surface area contributed by atoms with Crippen molar-refractivity contribution < 1.29 is 4.79 Å². The van der Waals surface area contributed by atoms with Crippen LogP contribution in [0.25, 0.3) is 0 Å². The summed E-state index contributed by atoms with van der Waals surface area (Å²) in [4.78, 5) is 13.1. The zero-order valence-corrected chi connectivity index (χ0v) is 12.7. The summed E-state index contributed by atoms with van der Waals surface area (Å²) in [5.74, 6) is 0.910. The largest absolute Gasteiger partial charge is 0.305 e. The van der Waals surface area contributed by atoms with Gasteiger partial charge in [0.25, 0.3) is 5.91 Å². The molecule has 6 heteroatoms. The number of hydrogen-bond acceptors (Lipinski definition) is 4. The SMILES string of the molecule is CC(C)c1cc(NC(=O)c2ccccc2SCC#N)n[nH]1. The van der Waals surface area contributed by atoms with E-state index in [9.17, 15) is 4.79 Å². The van der Waals surface area contributed by atoms with E-state index < -0.39 is 0 Å². The van der Waals surface area contributed by atoms with Crippen molar-refractivity contribution in [2.75, 3.05) is 11.1 Å². The van der Waals surface area contributed by atoms with Crippen molar-refractivity contribution in [3.05, 3.63) is 41.6 Å². The minimum atomic E-state index is -0.224. The van der Waals surface area contributed by atoms with Gasteiger partial charge in [0.15, 0.2) is 5.82 Å². The van der Waals surface area contributed by atoms with Gasteiger partial charge in [0.1, 0.15) is 0 Å². The van der Waals surface area contributed by atoms with E-state index in [1.54, 1.807) is 12.1 Å². The Morgan fingerprint density at radius 3 is 2.90 bits per heavy atom. The van der Waals surface area contributed by atoms with Crippen molar-refractivity contribution in [2.24, 2.45) is 0 Å². The van der Waals surface area contributed by atoms with Crippen LogP contribution in [-0.2, 0) is 0 Å². The van der Waals surface area contributed by atoms with Crippen LogP contribution in [0.3, 0.4) is 0 Å². The normalized spacial score (nSPS) is 10.4. The standard InChI is InChI=1S/C15H16N4OS/c1-10(2)12-9-14(19-18-12)17-15(20)11-5-3-4-6-13(11)21-8-7-16/h3-6,9-10H,8H2,1-2H3,(H2,17,18,19,20). The van der Waals surface area contributed by atoms with Crippen LogP contribution in [0.2, 0.25) is 0 Å². The number of rotatable bonds is 5. The molecule has 0 aliphatic carbocycles. The van der Waals surface area contributed by atoms with Crippen LogP contribution in [0.1, 0.15) is 35.8 Å². The Hall–Kier alpha value is -2.26. The molecule has 0 aliphatic rings. The number of nitriles is 1. The molecule has 2 N–H and O–H groups in total. The topological polar surface area (TPSA) is 81.6 Å². The summed E-state index contributed by atoms with van der Waals surface area (Å²) >= 11 is 1.35. The van der Waals surface area contributed by atoms with E-state index in [-0.39, 0.29) is 5.91 Å². The van der Waals surface area contributed by atoms with E-state index in [1.165, 1.54) is 11.8 Å². The number of benzene rings is 1. The lowest BCUT2D eigenvalue weighted by atomic mass is 10.1. The number of nitrogens with zero attached hydrogens (tertiary/aromatic N) is 2. The predicted octanol–water partition coefficient (Wildman–Crippen LogP) is 3.40. The first-order chi connectivity index (χ1) is 10.1. The molecule has 0 saturated carbocycles. The number of hydrogen-bond donors (Lipinski definition) is 2. The Balaban J connectivity index is 2.14. The second-order valence-electron chi connectivity index (χ2n) is 4.76. The van der Waals surface area contributed by atoms with Crippen LogP contribution in [-0.4, -0.2) is 21.9 Å². The maximum Gasteiger partial charge on any atom is 0.258 e. The van der Waals surface area contributed by atoms with Gasteiger partial charge >= 0.3 is 0 Å². The third-order valence-electron chi connectivity index (χ3n) is 2.89. The molecule has 0 saturated heterocycles. The fourth-order valence-corrected chi connectivity index (χ4v) is 2.48. The fourth-order valence-electron chi connectivity index (χ4n) is 1.77. The molecule has 5 nitrogen and oxygen atoms in total. The molecular weight excluding hydrogens is 284 g/mol. The molecule has 0 fully saturated rings. The molecule has 1 heterocycles. The van der Waals surface area contributed by atoms with Crippen molar-refractivity contribution in [1.82, 2.24) is 10.2 Å². The lowest BCUT2D eigenvalue weighted by molar-refractivity contribution is 0.102. The summed E-state index contributed by atoms with van der Waals surface area (Å²) in [5, 5.41) is 18.4. The van der Waals surface area contributed by atoms with E-state index >= 15 is 0 Å². The zero-order valence-electron chi connectivity index (χ0n) is 11.9. The number of aromatic amines is 1. The number of aromatic nitrogens is 2. The van der Waals surface area contributed by atoms with Gasteiger partial charge in [-0.1, -0.05) is 26.0 Å². The number of anilines is 1. The number of amides is 1. The van der Waals surface area contributed by atoms with Crippen LogP contribution in [0.15, 0.2) is 35.2 Å². The minimum Gasteiger partial charge on any atom is -0.305 e. The van der Waals surface area contributed by atoms with E-state index in [1.807, 2.05) is 32.0 Å². The number of carbonyl (C=O) groups excluding carboxylic acids is 1. The molecule has 0 radical (unpaired) electrons. The molecule has 1 aromatic heterocycles. The lowest BCUT2D eigenvalue weighted by Crippen LogP contribution is -2.13. The highest BCUT2D eigenvalue weighted by Crippen LogP contribution is 2.23. The molecular formula is C15H16N4OS. The van der Waals surface area contributed by atoms with E-state index in [0.717, 1.165) is 10.6 Å². The molecule has 0 bridgehead atoms. The molecule has 0 aliphatic heterocycles. The van der Waals surface area contributed by atoms with Gasteiger partial charge in [0.05, 0.1) is 17.4 Å².